The van der Waals surface area contributed by atoms with E-state index >= 15 is 0 Å². The predicted octanol–water partition coefficient (Wildman–Crippen LogP) is 3.38. The third kappa shape index (κ3) is 2.31. The van der Waals surface area contributed by atoms with Crippen molar-refractivity contribution in [3.8, 4) is 0 Å². The fraction of sp³-hybridized carbons (Fsp3) is 0.875. The second-order valence-electron chi connectivity index (χ2n) is 11.2. The quantitative estimate of drug-likeness (QED) is 0.643. The van der Waals surface area contributed by atoms with E-state index in [1.807, 2.05) is 0 Å². The van der Waals surface area contributed by atoms with E-state index < -0.39 is 17.1 Å². The first-order chi connectivity index (χ1) is 13.2. The standard InChI is InChI=1S/C24H36O4/c1-22-9-7-17(26)12-15(22)4-6-19-20(22)13-21(27)23(2)18(8-10-24(19,23)28)14-3-5-16(25)11-14/h11,15,17-21,26-28H,3-10,12-13H2,1-2H3/t15-,17?,18?,19?,20?,21?,22?,23?,24?/m1/s1. The molecule has 0 aromatic heterocycles. The van der Waals surface area contributed by atoms with E-state index in [0.29, 0.717) is 18.3 Å². The normalized spacial score (nSPS) is 56.0. The summed E-state index contributed by atoms with van der Waals surface area (Å²) < 4.78 is 0. The molecule has 3 N–H and O–H groups in total. The number of hydrogen-bond acceptors (Lipinski definition) is 4. The SMILES string of the molecule is CC12CCC(O)C[C@H]1CCC1C2CC(O)C2(C)C(C3=CC(=O)CC3)CCC12O. The first-order valence-corrected chi connectivity index (χ1v) is 11.5. The van der Waals surface area contributed by atoms with Crippen LogP contribution in [0, 0.1) is 34.5 Å². The molecule has 0 amide bonds. The van der Waals surface area contributed by atoms with Gasteiger partial charge in [-0.3, -0.25) is 4.79 Å². The van der Waals surface area contributed by atoms with Gasteiger partial charge in [-0.25, -0.2) is 0 Å². The van der Waals surface area contributed by atoms with Crippen LogP contribution in [0.4, 0.5) is 0 Å². The van der Waals surface area contributed by atoms with Crippen LogP contribution in [0.5, 0.6) is 0 Å². The minimum Gasteiger partial charge on any atom is -0.393 e. The van der Waals surface area contributed by atoms with Gasteiger partial charge in [-0.15, -0.1) is 0 Å². The van der Waals surface area contributed by atoms with Gasteiger partial charge in [-0.2, -0.15) is 0 Å². The number of ketones is 1. The number of fused-ring (bicyclic) bond motifs is 5. The molecule has 4 fully saturated rings. The van der Waals surface area contributed by atoms with Crippen LogP contribution in [0.3, 0.4) is 0 Å². The van der Waals surface area contributed by atoms with E-state index in [9.17, 15) is 20.1 Å². The van der Waals surface area contributed by atoms with Crippen LogP contribution in [-0.4, -0.2) is 38.9 Å². The third-order valence-corrected chi connectivity index (χ3v) is 10.4. The Hall–Kier alpha value is -0.710. The van der Waals surface area contributed by atoms with Crippen molar-refractivity contribution in [1.29, 1.82) is 0 Å². The van der Waals surface area contributed by atoms with Crippen molar-refractivity contribution in [2.24, 2.45) is 34.5 Å². The fourth-order valence-corrected chi connectivity index (χ4v) is 8.67. The minimum atomic E-state index is -0.851. The molecule has 4 saturated carbocycles. The van der Waals surface area contributed by atoms with Crippen LogP contribution < -0.4 is 0 Å². The molecule has 4 nitrogen and oxygen atoms in total. The topological polar surface area (TPSA) is 77.8 Å². The molecule has 5 rings (SSSR count). The van der Waals surface area contributed by atoms with E-state index in [-0.39, 0.29) is 29.1 Å². The third-order valence-electron chi connectivity index (χ3n) is 10.4. The van der Waals surface area contributed by atoms with Crippen LogP contribution in [0.15, 0.2) is 11.6 Å². The lowest BCUT2D eigenvalue weighted by Gasteiger charge is -2.65. The number of allylic oxidation sites excluding steroid dienone is 2. The molecule has 9 atom stereocenters. The average Bonchev–Trinajstić information content (AvgIpc) is 3.19. The highest BCUT2D eigenvalue weighted by Gasteiger charge is 2.70. The lowest BCUT2D eigenvalue weighted by molar-refractivity contribution is -0.244. The van der Waals surface area contributed by atoms with E-state index in [2.05, 4.69) is 13.8 Å². The number of hydrogen-bond donors (Lipinski definition) is 3. The molecule has 5 aliphatic carbocycles. The van der Waals surface area contributed by atoms with E-state index in [1.54, 1.807) is 6.08 Å². The lowest BCUT2D eigenvalue weighted by Crippen LogP contribution is -2.67. The van der Waals surface area contributed by atoms with Crippen molar-refractivity contribution < 1.29 is 20.1 Å². The number of aliphatic hydroxyl groups is 3. The molecule has 0 radical (unpaired) electrons. The summed E-state index contributed by atoms with van der Waals surface area (Å²) in [5, 5.41) is 33.8. The van der Waals surface area contributed by atoms with Gasteiger partial charge in [-0.05, 0) is 93.0 Å². The first-order valence-electron chi connectivity index (χ1n) is 11.5. The zero-order valence-electron chi connectivity index (χ0n) is 17.4. The number of aliphatic hydroxyl groups excluding tert-OH is 2. The minimum absolute atomic E-state index is 0.112. The summed E-state index contributed by atoms with van der Waals surface area (Å²) in [4.78, 5) is 11.9. The Morgan fingerprint density at radius 3 is 2.46 bits per heavy atom. The lowest BCUT2D eigenvalue weighted by atomic mass is 9.42. The maximum Gasteiger partial charge on any atom is 0.155 e. The molecule has 0 heterocycles. The van der Waals surface area contributed by atoms with Crippen molar-refractivity contribution in [3.63, 3.8) is 0 Å². The maximum absolute atomic E-state index is 12.2. The molecule has 28 heavy (non-hydrogen) atoms. The summed E-state index contributed by atoms with van der Waals surface area (Å²) >= 11 is 0. The van der Waals surface area contributed by atoms with Crippen molar-refractivity contribution in [3.05, 3.63) is 11.6 Å². The summed E-state index contributed by atoms with van der Waals surface area (Å²) in [5.74, 6) is 1.37. The molecule has 0 aromatic carbocycles. The van der Waals surface area contributed by atoms with Crippen LogP contribution >= 0.6 is 0 Å². The van der Waals surface area contributed by atoms with Gasteiger partial charge in [0.1, 0.15) is 0 Å². The van der Waals surface area contributed by atoms with Crippen LogP contribution in [-0.2, 0) is 4.79 Å². The Labute approximate surface area is 168 Å². The van der Waals surface area contributed by atoms with Crippen LogP contribution in [0.1, 0.15) is 78.1 Å². The summed E-state index contributed by atoms with van der Waals surface area (Å²) in [6.45, 7) is 4.47. The van der Waals surface area contributed by atoms with Crippen molar-refractivity contribution in [2.75, 3.05) is 0 Å². The molecule has 4 heteroatoms. The highest BCUT2D eigenvalue weighted by atomic mass is 16.3. The first kappa shape index (κ1) is 19.3. The van der Waals surface area contributed by atoms with Crippen molar-refractivity contribution >= 4 is 5.78 Å². The van der Waals surface area contributed by atoms with Gasteiger partial charge in [0, 0.05) is 11.8 Å². The average molecular weight is 389 g/mol. The summed E-state index contributed by atoms with van der Waals surface area (Å²) in [6.07, 6.45) is 9.65. The van der Waals surface area contributed by atoms with Gasteiger partial charge in [0.25, 0.3) is 0 Å². The van der Waals surface area contributed by atoms with Gasteiger partial charge in [0.15, 0.2) is 5.78 Å². The molecule has 5 aliphatic rings. The summed E-state index contributed by atoms with van der Waals surface area (Å²) in [7, 11) is 0. The van der Waals surface area contributed by atoms with E-state index in [0.717, 1.165) is 57.8 Å². The smallest absolute Gasteiger partial charge is 0.155 e. The second kappa shape index (κ2) is 6.15. The second-order valence-corrected chi connectivity index (χ2v) is 11.2. The summed E-state index contributed by atoms with van der Waals surface area (Å²) in [6, 6.07) is 0. The molecule has 0 saturated heterocycles. The van der Waals surface area contributed by atoms with E-state index in [4.69, 9.17) is 0 Å². The van der Waals surface area contributed by atoms with Gasteiger partial charge in [-0.1, -0.05) is 19.4 Å². The highest BCUT2D eigenvalue weighted by molar-refractivity contribution is 5.93. The Balaban J connectivity index is 1.51. The van der Waals surface area contributed by atoms with Gasteiger partial charge in [0.05, 0.1) is 17.8 Å². The molecule has 8 unspecified atom stereocenters. The Kier molecular flexibility index (Phi) is 4.23. The fourth-order valence-electron chi connectivity index (χ4n) is 8.67. The zero-order valence-corrected chi connectivity index (χ0v) is 17.4. The van der Waals surface area contributed by atoms with Gasteiger partial charge < -0.3 is 15.3 Å². The highest BCUT2D eigenvalue weighted by Crippen LogP contribution is 2.70. The van der Waals surface area contributed by atoms with Gasteiger partial charge >= 0.3 is 0 Å². The zero-order chi connectivity index (χ0) is 19.9. The Morgan fingerprint density at radius 1 is 0.964 bits per heavy atom. The number of carbonyl (C=O) groups excluding carboxylic acids is 1. The molecular formula is C24H36O4. The van der Waals surface area contributed by atoms with Crippen LogP contribution in [0.25, 0.3) is 0 Å². The molecule has 0 aromatic rings. The molecular weight excluding hydrogens is 352 g/mol. The molecule has 156 valence electrons. The Morgan fingerprint density at radius 2 is 1.75 bits per heavy atom. The number of carbonyl (C=O) groups is 1. The number of rotatable bonds is 1. The summed E-state index contributed by atoms with van der Waals surface area (Å²) in [5.41, 5.74) is -0.124. The maximum atomic E-state index is 12.2. The Bertz CT molecular complexity index is 715. The molecule has 0 spiro atoms. The molecule has 0 aliphatic heterocycles. The van der Waals surface area contributed by atoms with Gasteiger partial charge in [0.2, 0.25) is 0 Å². The van der Waals surface area contributed by atoms with E-state index in [1.165, 1.54) is 5.57 Å². The van der Waals surface area contributed by atoms with Crippen molar-refractivity contribution in [1.82, 2.24) is 0 Å². The largest absolute Gasteiger partial charge is 0.393 e. The van der Waals surface area contributed by atoms with Crippen LogP contribution in [0.2, 0.25) is 0 Å². The van der Waals surface area contributed by atoms with Crippen molar-refractivity contribution in [2.45, 2.75) is 95.9 Å². The predicted molar refractivity (Wildman–Crippen MR) is 106 cm³/mol. The monoisotopic (exact) mass is 388 g/mol. The molecule has 0 bridgehead atoms.